The monoisotopic (exact) mass is 481 g/mol. The van der Waals surface area contributed by atoms with E-state index in [-0.39, 0.29) is 17.8 Å². The fourth-order valence-electron chi connectivity index (χ4n) is 5.13. The van der Waals surface area contributed by atoms with Crippen molar-refractivity contribution in [3.63, 3.8) is 0 Å². The number of nitrogens with zero attached hydrogens (tertiary/aromatic N) is 5. The highest BCUT2D eigenvalue weighted by molar-refractivity contribution is 7.86. The van der Waals surface area contributed by atoms with E-state index in [1.54, 1.807) is 27.8 Å². The molecule has 10 heteroatoms. The molecule has 0 bridgehead atoms. The number of hydrogen-bond donors (Lipinski definition) is 0. The summed E-state index contributed by atoms with van der Waals surface area (Å²) in [6.45, 7) is 4.56. The maximum absolute atomic E-state index is 14.0. The van der Waals surface area contributed by atoms with Crippen LogP contribution in [-0.2, 0) is 15.0 Å². The van der Waals surface area contributed by atoms with Crippen LogP contribution in [0.25, 0.3) is 0 Å². The van der Waals surface area contributed by atoms with Crippen molar-refractivity contribution in [1.82, 2.24) is 18.4 Å². The van der Waals surface area contributed by atoms with Gasteiger partial charge in [0, 0.05) is 65.4 Å². The Labute approximate surface area is 197 Å². The van der Waals surface area contributed by atoms with Gasteiger partial charge < -0.3 is 9.80 Å². The maximum atomic E-state index is 14.0. The molecule has 0 aromatic heterocycles. The second-order valence-corrected chi connectivity index (χ2v) is 11.3. The third kappa shape index (κ3) is 5.67. The number of hydrogen-bond acceptors (Lipinski definition) is 5. The van der Waals surface area contributed by atoms with Gasteiger partial charge in [0.2, 0.25) is 5.91 Å². The van der Waals surface area contributed by atoms with Crippen LogP contribution in [0.2, 0.25) is 0 Å². The smallest absolute Gasteiger partial charge is 0.282 e. The van der Waals surface area contributed by atoms with E-state index in [0.29, 0.717) is 64.6 Å². The van der Waals surface area contributed by atoms with E-state index in [1.807, 2.05) is 20.8 Å². The molecule has 1 aliphatic carbocycles. The number of amides is 1. The van der Waals surface area contributed by atoms with Crippen molar-refractivity contribution >= 4 is 21.8 Å². The number of piperazine rings is 2. The van der Waals surface area contributed by atoms with E-state index in [4.69, 9.17) is 0 Å². The molecule has 1 amide bonds. The van der Waals surface area contributed by atoms with Gasteiger partial charge in [-0.15, -0.1) is 0 Å². The minimum atomic E-state index is -3.46. The molecule has 0 unspecified atom stereocenters. The summed E-state index contributed by atoms with van der Waals surface area (Å²) < 4.78 is 43.3. The summed E-state index contributed by atoms with van der Waals surface area (Å²) in [5.74, 6) is -0.182. The van der Waals surface area contributed by atoms with Gasteiger partial charge in [-0.25, -0.2) is 4.39 Å². The Hall–Kier alpha value is -1.75. The van der Waals surface area contributed by atoms with Crippen molar-refractivity contribution in [1.29, 1.82) is 0 Å². The number of benzene rings is 1. The topological polar surface area (TPSA) is 67.4 Å². The van der Waals surface area contributed by atoms with Crippen LogP contribution in [-0.4, -0.2) is 105 Å². The minimum Gasteiger partial charge on any atom is -0.366 e. The van der Waals surface area contributed by atoms with Crippen molar-refractivity contribution in [2.24, 2.45) is 0 Å². The summed E-state index contributed by atoms with van der Waals surface area (Å²) >= 11 is 0. The number of rotatable bonds is 6. The van der Waals surface area contributed by atoms with Gasteiger partial charge in [-0.05, 0) is 25.0 Å². The fraction of sp³-hybridized carbons (Fsp3) is 0.696. The highest BCUT2D eigenvalue weighted by Gasteiger charge is 2.35. The number of carbonyl (C=O) groups excluding carboxylic acids is 1. The summed E-state index contributed by atoms with van der Waals surface area (Å²) in [4.78, 5) is 18.7. The van der Waals surface area contributed by atoms with Crippen LogP contribution in [0.3, 0.4) is 0 Å². The lowest BCUT2D eigenvalue weighted by molar-refractivity contribution is -0.133. The molecule has 8 nitrogen and oxygen atoms in total. The molecule has 2 aliphatic heterocycles. The minimum absolute atomic E-state index is 0.0545. The zero-order chi connectivity index (χ0) is 23.4. The second kappa shape index (κ2) is 10.7. The molecular formula is C23H36FN5O3S. The van der Waals surface area contributed by atoms with E-state index in [2.05, 4.69) is 0 Å². The Morgan fingerprint density at radius 2 is 1.61 bits per heavy atom. The van der Waals surface area contributed by atoms with Crippen LogP contribution in [0, 0.1) is 5.82 Å². The molecule has 3 aliphatic rings. The summed E-state index contributed by atoms with van der Waals surface area (Å²) in [5, 5.41) is 0. The van der Waals surface area contributed by atoms with E-state index in [9.17, 15) is 17.6 Å². The van der Waals surface area contributed by atoms with E-state index >= 15 is 0 Å². The quantitative estimate of drug-likeness (QED) is 0.618. The van der Waals surface area contributed by atoms with E-state index in [1.165, 1.54) is 12.5 Å². The Kier molecular flexibility index (Phi) is 7.88. The molecule has 3 fully saturated rings. The van der Waals surface area contributed by atoms with Crippen LogP contribution >= 0.6 is 0 Å². The largest absolute Gasteiger partial charge is 0.366 e. The van der Waals surface area contributed by atoms with Crippen molar-refractivity contribution in [3.05, 3.63) is 30.1 Å². The predicted molar refractivity (Wildman–Crippen MR) is 127 cm³/mol. The van der Waals surface area contributed by atoms with Crippen molar-refractivity contribution in [2.75, 3.05) is 70.9 Å². The third-order valence-electron chi connectivity index (χ3n) is 7.29. The van der Waals surface area contributed by atoms with Gasteiger partial charge in [0.1, 0.15) is 5.82 Å². The van der Waals surface area contributed by atoms with Gasteiger partial charge in [0.05, 0.1) is 12.2 Å². The Balaban J connectivity index is 1.23. The molecule has 1 aromatic rings. The van der Waals surface area contributed by atoms with Crippen molar-refractivity contribution in [2.45, 2.75) is 38.1 Å². The van der Waals surface area contributed by atoms with Crippen LogP contribution < -0.4 is 4.90 Å². The highest BCUT2D eigenvalue weighted by atomic mass is 32.2. The molecule has 1 aromatic carbocycles. The maximum Gasteiger partial charge on any atom is 0.282 e. The summed E-state index contributed by atoms with van der Waals surface area (Å²) in [6.07, 6.45) is 5.25. The molecular weight excluding hydrogens is 445 g/mol. The van der Waals surface area contributed by atoms with E-state index < -0.39 is 10.2 Å². The lowest BCUT2D eigenvalue weighted by Crippen LogP contribution is -2.56. The fourth-order valence-corrected chi connectivity index (χ4v) is 6.71. The van der Waals surface area contributed by atoms with Crippen LogP contribution in [0.15, 0.2) is 24.3 Å². The Morgan fingerprint density at radius 1 is 0.970 bits per heavy atom. The number of halogens is 1. The number of para-hydroxylation sites is 1. The highest BCUT2D eigenvalue weighted by Crippen LogP contribution is 2.25. The van der Waals surface area contributed by atoms with Crippen molar-refractivity contribution in [3.8, 4) is 0 Å². The molecule has 0 atom stereocenters. The summed E-state index contributed by atoms with van der Waals surface area (Å²) in [7, 11) is -1.75. The predicted octanol–water partition coefficient (Wildman–Crippen LogP) is 1.60. The van der Waals surface area contributed by atoms with Crippen LogP contribution in [0.1, 0.15) is 32.1 Å². The second-order valence-electron chi connectivity index (χ2n) is 9.31. The first-order valence-electron chi connectivity index (χ1n) is 12.1. The van der Waals surface area contributed by atoms with Gasteiger partial charge in [-0.3, -0.25) is 9.69 Å². The molecule has 0 spiro atoms. The molecule has 0 N–H and O–H groups in total. The average molecular weight is 482 g/mol. The number of carbonyl (C=O) groups is 1. The average Bonchev–Trinajstić information content (AvgIpc) is 2.85. The lowest BCUT2D eigenvalue weighted by Gasteiger charge is -2.40. The van der Waals surface area contributed by atoms with Crippen molar-refractivity contribution < 1.29 is 17.6 Å². The molecule has 4 rings (SSSR count). The third-order valence-corrected chi connectivity index (χ3v) is 9.34. The molecule has 2 saturated heterocycles. The van der Waals surface area contributed by atoms with Crippen LogP contribution in [0.5, 0.6) is 0 Å². The van der Waals surface area contributed by atoms with Crippen LogP contribution in [0.4, 0.5) is 10.1 Å². The van der Waals surface area contributed by atoms with Gasteiger partial charge in [0.15, 0.2) is 0 Å². The summed E-state index contributed by atoms with van der Waals surface area (Å²) in [6, 6.07) is 6.83. The molecule has 184 valence electrons. The molecule has 2 heterocycles. The zero-order valence-electron chi connectivity index (χ0n) is 19.5. The van der Waals surface area contributed by atoms with Gasteiger partial charge >= 0.3 is 0 Å². The molecule has 33 heavy (non-hydrogen) atoms. The molecule has 1 saturated carbocycles. The standard InChI is InChI=1S/C23H36FN5O3S/c1-25(20-7-3-2-4-8-20)33(31,32)29-17-11-26(12-18-29)19-23(30)28-15-13-27(14-16-28)22-10-6-5-9-21(22)24/h5-6,9-10,20H,2-4,7-8,11-19H2,1H3. The normalized spacial score (nSPS) is 22.2. The lowest BCUT2D eigenvalue weighted by atomic mass is 9.96. The molecule has 0 radical (unpaired) electrons. The first kappa shape index (κ1) is 24.4. The van der Waals surface area contributed by atoms with Gasteiger partial charge in [-0.2, -0.15) is 17.0 Å². The summed E-state index contributed by atoms with van der Waals surface area (Å²) in [5.41, 5.74) is 0.583. The zero-order valence-corrected chi connectivity index (χ0v) is 20.3. The first-order valence-corrected chi connectivity index (χ1v) is 13.5. The number of anilines is 1. The van der Waals surface area contributed by atoms with Gasteiger partial charge in [0.25, 0.3) is 10.2 Å². The van der Waals surface area contributed by atoms with E-state index in [0.717, 1.165) is 25.7 Å². The van der Waals surface area contributed by atoms with Gasteiger partial charge in [-0.1, -0.05) is 31.4 Å². The Bertz CT molecular complexity index is 908. The SMILES string of the molecule is CN(C1CCCCC1)S(=O)(=O)N1CCN(CC(=O)N2CCN(c3ccccc3F)CC2)CC1. The first-order chi connectivity index (χ1) is 15.9. The Morgan fingerprint density at radius 3 is 2.24 bits per heavy atom.